The number of primary amides is 1. The summed E-state index contributed by atoms with van der Waals surface area (Å²) in [7, 11) is 0. The van der Waals surface area contributed by atoms with E-state index in [0.29, 0.717) is 12.1 Å². The van der Waals surface area contributed by atoms with Gasteiger partial charge in [-0.1, -0.05) is 0 Å². The van der Waals surface area contributed by atoms with Crippen LogP contribution >= 0.6 is 0 Å². The molecule has 3 rings (SSSR count). The van der Waals surface area contributed by atoms with Crippen molar-refractivity contribution in [2.45, 2.75) is 18.9 Å². The van der Waals surface area contributed by atoms with Gasteiger partial charge in [-0.2, -0.15) is 5.26 Å². The number of benzene rings is 1. The zero-order valence-corrected chi connectivity index (χ0v) is 13.1. The summed E-state index contributed by atoms with van der Waals surface area (Å²) in [6, 6.07) is 6.13. The van der Waals surface area contributed by atoms with Gasteiger partial charge in [0.25, 0.3) is 0 Å². The van der Waals surface area contributed by atoms with Crippen molar-refractivity contribution < 1.29 is 18.7 Å². The number of carbonyl (C=O) groups excluding carboxylic acids is 2. The first kappa shape index (κ1) is 16.4. The molecule has 0 saturated carbocycles. The third kappa shape index (κ3) is 3.42. The number of nitrogens with zero attached hydrogens (tertiary/aromatic N) is 4. The van der Waals surface area contributed by atoms with E-state index in [1.807, 2.05) is 6.07 Å². The molecule has 2 N–H and O–H groups in total. The highest BCUT2D eigenvalue weighted by Crippen LogP contribution is 2.26. The summed E-state index contributed by atoms with van der Waals surface area (Å²) in [5, 5.41) is 8.78. The number of aromatic nitrogens is 2. The fraction of sp³-hybridized carbons (Fsp3) is 0.250. The molecule has 1 aliphatic rings. The Morgan fingerprint density at radius 2 is 2.32 bits per heavy atom. The van der Waals surface area contributed by atoms with E-state index >= 15 is 0 Å². The molecule has 1 atom stereocenters. The van der Waals surface area contributed by atoms with Crippen molar-refractivity contribution in [2.24, 2.45) is 5.73 Å². The predicted octanol–water partition coefficient (Wildman–Crippen LogP) is 1.47. The number of rotatable bonds is 5. The van der Waals surface area contributed by atoms with Crippen LogP contribution < -0.4 is 10.6 Å². The van der Waals surface area contributed by atoms with E-state index < -0.39 is 23.9 Å². The van der Waals surface area contributed by atoms with Gasteiger partial charge < -0.3 is 15.0 Å². The summed E-state index contributed by atoms with van der Waals surface area (Å²) < 4.78 is 21.0. The van der Waals surface area contributed by atoms with Crippen molar-refractivity contribution in [1.82, 2.24) is 9.55 Å². The molecule has 0 aliphatic carbocycles. The van der Waals surface area contributed by atoms with Gasteiger partial charge in [-0.3, -0.25) is 9.69 Å². The molecule has 9 heteroatoms. The Bertz CT molecular complexity index is 873. The molecular formula is C16H14FN5O3. The van der Waals surface area contributed by atoms with Crippen molar-refractivity contribution in [3.05, 3.63) is 42.2 Å². The van der Waals surface area contributed by atoms with E-state index in [9.17, 15) is 14.0 Å². The molecule has 2 aromatic rings. The second kappa shape index (κ2) is 6.60. The van der Waals surface area contributed by atoms with Gasteiger partial charge in [0.2, 0.25) is 5.91 Å². The van der Waals surface area contributed by atoms with Gasteiger partial charge in [-0.15, -0.1) is 0 Å². The van der Waals surface area contributed by atoms with Crippen molar-refractivity contribution in [3.8, 4) is 11.8 Å². The molecule has 1 aromatic carbocycles. The van der Waals surface area contributed by atoms with Gasteiger partial charge in [-0.25, -0.2) is 14.2 Å². The quantitative estimate of drug-likeness (QED) is 0.883. The Balaban J connectivity index is 1.77. The van der Waals surface area contributed by atoms with E-state index in [0.717, 1.165) is 0 Å². The first-order valence-corrected chi connectivity index (χ1v) is 7.48. The molecule has 0 unspecified atom stereocenters. The van der Waals surface area contributed by atoms with Crippen molar-refractivity contribution in [3.63, 3.8) is 0 Å². The number of hydrogen-bond acceptors (Lipinski definition) is 5. The normalized spacial score (nSPS) is 16.6. The third-order valence-electron chi connectivity index (χ3n) is 3.81. The number of amides is 2. The largest absolute Gasteiger partial charge is 0.444 e. The van der Waals surface area contributed by atoms with Crippen LogP contribution in [0.25, 0.3) is 5.69 Å². The topological polar surface area (TPSA) is 114 Å². The van der Waals surface area contributed by atoms with E-state index in [4.69, 9.17) is 15.7 Å². The second-order valence-electron chi connectivity index (χ2n) is 5.54. The van der Waals surface area contributed by atoms with Gasteiger partial charge in [0, 0.05) is 12.6 Å². The number of halogens is 1. The van der Waals surface area contributed by atoms with Gasteiger partial charge in [-0.05, 0) is 24.6 Å². The molecular weight excluding hydrogens is 329 g/mol. The fourth-order valence-electron chi connectivity index (χ4n) is 2.57. The Morgan fingerprint density at radius 1 is 1.52 bits per heavy atom. The van der Waals surface area contributed by atoms with Crippen LogP contribution in [-0.2, 0) is 9.53 Å². The molecule has 25 heavy (non-hydrogen) atoms. The third-order valence-corrected chi connectivity index (χ3v) is 3.81. The lowest BCUT2D eigenvalue weighted by Gasteiger charge is -2.14. The molecule has 1 aliphatic heterocycles. The maximum absolute atomic E-state index is 14.4. The Hall–Kier alpha value is -3.41. The van der Waals surface area contributed by atoms with E-state index in [-0.39, 0.29) is 24.3 Å². The minimum absolute atomic E-state index is 0.112. The SMILES string of the molecule is N#Cc1cn(-c2ccc(N3C[C@H](CCC(N)=O)OC3=O)cc2F)cn1. The van der Waals surface area contributed by atoms with Crippen LogP contribution in [0.3, 0.4) is 0 Å². The maximum atomic E-state index is 14.4. The zero-order chi connectivity index (χ0) is 18.0. The second-order valence-corrected chi connectivity index (χ2v) is 5.54. The molecule has 0 bridgehead atoms. The van der Waals surface area contributed by atoms with E-state index in [2.05, 4.69) is 4.98 Å². The average molecular weight is 343 g/mol. The molecule has 1 saturated heterocycles. The molecule has 0 spiro atoms. The number of carbonyl (C=O) groups is 2. The summed E-state index contributed by atoms with van der Waals surface area (Å²) >= 11 is 0. The highest BCUT2D eigenvalue weighted by atomic mass is 19.1. The first-order chi connectivity index (χ1) is 12.0. The molecule has 1 aromatic heterocycles. The number of hydrogen-bond donors (Lipinski definition) is 1. The summed E-state index contributed by atoms with van der Waals surface area (Å²) in [5.74, 6) is -1.05. The van der Waals surface area contributed by atoms with Crippen molar-refractivity contribution in [2.75, 3.05) is 11.4 Å². The number of nitrogens with two attached hydrogens (primary N) is 1. The lowest BCUT2D eigenvalue weighted by atomic mass is 10.2. The van der Waals surface area contributed by atoms with Gasteiger partial charge in [0.05, 0.1) is 17.9 Å². The molecule has 8 nitrogen and oxygen atoms in total. The van der Waals surface area contributed by atoms with Crippen LogP contribution in [0.15, 0.2) is 30.7 Å². The van der Waals surface area contributed by atoms with Crippen LogP contribution in [0.1, 0.15) is 18.5 Å². The van der Waals surface area contributed by atoms with E-state index in [1.165, 1.54) is 34.1 Å². The Morgan fingerprint density at radius 3 is 2.96 bits per heavy atom. The molecule has 1 fully saturated rings. The average Bonchev–Trinajstić information content (AvgIpc) is 3.19. The Kier molecular flexibility index (Phi) is 4.35. The predicted molar refractivity (Wildman–Crippen MR) is 84.3 cm³/mol. The molecule has 2 heterocycles. The molecule has 128 valence electrons. The maximum Gasteiger partial charge on any atom is 0.414 e. The highest BCUT2D eigenvalue weighted by Gasteiger charge is 2.32. The number of imidazole rings is 1. The van der Waals surface area contributed by atoms with Crippen molar-refractivity contribution >= 4 is 17.7 Å². The van der Waals surface area contributed by atoms with Crippen LogP contribution in [0.2, 0.25) is 0 Å². The van der Waals surface area contributed by atoms with Gasteiger partial charge in [0.15, 0.2) is 5.69 Å². The smallest absolute Gasteiger partial charge is 0.414 e. The summed E-state index contributed by atoms with van der Waals surface area (Å²) in [6.45, 7) is 0.217. The fourth-order valence-corrected chi connectivity index (χ4v) is 2.57. The summed E-state index contributed by atoms with van der Waals surface area (Å²) in [6.07, 6.45) is 2.11. The van der Waals surface area contributed by atoms with E-state index in [1.54, 1.807) is 6.07 Å². The van der Waals surface area contributed by atoms with Crippen molar-refractivity contribution in [1.29, 1.82) is 5.26 Å². The number of nitriles is 1. The number of ether oxygens (including phenoxy) is 1. The highest BCUT2D eigenvalue weighted by molar-refractivity contribution is 5.90. The Labute approximate surface area is 142 Å². The van der Waals surface area contributed by atoms with Crippen LogP contribution in [0.5, 0.6) is 0 Å². The lowest BCUT2D eigenvalue weighted by Crippen LogP contribution is -2.25. The standard InChI is InChI=1S/C16H14FN5O3/c17-13-5-11(1-3-14(13)21-7-10(6-18)20-9-21)22-8-12(25-16(22)24)2-4-15(19)23/h1,3,5,7,9,12H,2,4,8H2,(H2,19,23)/t12-/m0/s1. The number of anilines is 1. The van der Waals surface area contributed by atoms with Crippen LogP contribution in [0, 0.1) is 17.1 Å². The minimum Gasteiger partial charge on any atom is -0.444 e. The lowest BCUT2D eigenvalue weighted by molar-refractivity contribution is -0.118. The minimum atomic E-state index is -0.601. The molecule has 2 amide bonds. The van der Waals surface area contributed by atoms with Crippen LogP contribution in [-0.4, -0.2) is 34.2 Å². The zero-order valence-electron chi connectivity index (χ0n) is 13.1. The monoisotopic (exact) mass is 343 g/mol. The first-order valence-electron chi connectivity index (χ1n) is 7.48. The van der Waals surface area contributed by atoms with Gasteiger partial charge in [0.1, 0.15) is 24.3 Å². The summed E-state index contributed by atoms with van der Waals surface area (Å²) in [4.78, 5) is 27.9. The van der Waals surface area contributed by atoms with Gasteiger partial charge >= 0.3 is 6.09 Å². The summed E-state index contributed by atoms with van der Waals surface area (Å²) in [5.41, 5.74) is 5.80. The van der Waals surface area contributed by atoms with Crippen LogP contribution in [0.4, 0.5) is 14.9 Å². The molecule has 0 radical (unpaired) electrons. The number of cyclic esters (lactones) is 1.